The Morgan fingerprint density at radius 2 is 1.64 bits per heavy atom. The highest BCUT2D eigenvalue weighted by Crippen LogP contribution is 2.28. The fourth-order valence-electron chi connectivity index (χ4n) is 3.01. The summed E-state index contributed by atoms with van der Waals surface area (Å²) in [7, 11) is 0. The van der Waals surface area contributed by atoms with Crippen LogP contribution in [0.1, 0.15) is 21.6 Å². The summed E-state index contributed by atoms with van der Waals surface area (Å²) >= 11 is 0. The number of benzene rings is 2. The maximum Gasteiger partial charge on any atom is 0.156 e. The minimum Gasteiger partial charge on any atom is -0.298 e. The summed E-state index contributed by atoms with van der Waals surface area (Å²) in [6.45, 7) is 3.90. The molecule has 4 aromatic rings. The molecule has 0 bridgehead atoms. The minimum absolute atomic E-state index is 0.569. The van der Waals surface area contributed by atoms with Crippen molar-refractivity contribution in [1.82, 2.24) is 14.6 Å². The van der Waals surface area contributed by atoms with E-state index in [9.17, 15) is 4.79 Å². The van der Waals surface area contributed by atoms with E-state index >= 15 is 0 Å². The van der Waals surface area contributed by atoms with Crippen LogP contribution in [-0.4, -0.2) is 20.9 Å². The standard InChI is InChI=1S/C21H17N3O/c1-14-8-10-17(11-9-14)21-18(13-25)15(2)22-20-12-19(23-24(20)21)16-6-4-3-5-7-16/h3-13H,1-2H3. The minimum atomic E-state index is 0.569. The maximum absolute atomic E-state index is 11.7. The first-order valence-electron chi connectivity index (χ1n) is 8.15. The Balaban J connectivity index is 2.03. The Kier molecular flexibility index (Phi) is 3.65. The summed E-state index contributed by atoms with van der Waals surface area (Å²) in [6, 6.07) is 20.0. The quantitative estimate of drug-likeness (QED) is 0.521. The van der Waals surface area contributed by atoms with Crippen LogP contribution in [0.5, 0.6) is 0 Å². The van der Waals surface area contributed by atoms with Crippen LogP contribution >= 0.6 is 0 Å². The van der Waals surface area contributed by atoms with Gasteiger partial charge in [-0.2, -0.15) is 5.10 Å². The predicted molar refractivity (Wildman–Crippen MR) is 98.7 cm³/mol. The van der Waals surface area contributed by atoms with Gasteiger partial charge in [-0.3, -0.25) is 4.79 Å². The Bertz CT molecular complexity index is 1060. The second-order valence-electron chi connectivity index (χ2n) is 6.11. The van der Waals surface area contributed by atoms with Gasteiger partial charge < -0.3 is 0 Å². The molecule has 0 aliphatic rings. The average molecular weight is 327 g/mol. The molecule has 0 N–H and O–H groups in total. The van der Waals surface area contributed by atoms with Crippen LogP contribution in [0.25, 0.3) is 28.2 Å². The molecule has 2 aromatic carbocycles. The molecule has 0 amide bonds. The smallest absolute Gasteiger partial charge is 0.156 e. The number of nitrogens with zero attached hydrogens (tertiary/aromatic N) is 3. The summed E-state index contributed by atoms with van der Waals surface area (Å²) in [5.74, 6) is 0. The van der Waals surface area contributed by atoms with Crippen LogP contribution in [0.4, 0.5) is 0 Å². The Morgan fingerprint density at radius 3 is 2.32 bits per heavy atom. The topological polar surface area (TPSA) is 47.3 Å². The van der Waals surface area contributed by atoms with Gasteiger partial charge in [0.15, 0.2) is 11.9 Å². The molecule has 4 rings (SSSR count). The zero-order valence-corrected chi connectivity index (χ0v) is 14.1. The van der Waals surface area contributed by atoms with Crippen molar-refractivity contribution in [1.29, 1.82) is 0 Å². The molecule has 25 heavy (non-hydrogen) atoms. The van der Waals surface area contributed by atoms with Gasteiger partial charge in [0.05, 0.1) is 22.6 Å². The van der Waals surface area contributed by atoms with E-state index in [4.69, 9.17) is 5.10 Å². The van der Waals surface area contributed by atoms with Crippen molar-refractivity contribution in [3.63, 3.8) is 0 Å². The van der Waals surface area contributed by atoms with Gasteiger partial charge in [-0.25, -0.2) is 9.50 Å². The van der Waals surface area contributed by atoms with Gasteiger partial charge in [-0.15, -0.1) is 0 Å². The summed E-state index contributed by atoms with van der Waals surface area (Å²) in [6.07, 6.45) is 0.862. The number of aryl methyl sites for hydroxylation is 2. The lowest BCUT2D eigenvalue weighted by Crippen LogP contribution is -2.04. The predicted octanol–water partition coefficient (Wildman–Crippen LogP) is 4.49. The van der Waals surface area contributed by atoms with E-state index < -0.39 is 0 Å². The largest absolute Gasteiger partial charge is 0.298 e. The van der Waals surface area contributed by atoms with Crippen molar-refractivity contribution >= 4 is 11.9 Å². The zero-order valence-electron chi connectivity index (χ0n) is 14.1. The van der Waals surface area contributed by atoms with Gasteiger partial charge in [0.1, 0.15) is 0 Å². The molecule has 0 aliphatic heterocycles. The highest BCUT2D eigenvalue weighted by Gasteiger charge is 2.17. The molecule has 0 spiro atoms. The van der Waals surface area contributed by atoms with Crippen LogP contribution in [0, 0.1) is 13.8 Å². The van der Waals surface area contributed by atoms with Crippen LogP contribution < -0.4 is 0 Å². The first kappa shape index (κ1) is 15.3. The average Bonchev–Trinajstić information content (AvgIpc) is 3.05. The number of aldehydes is 1. The number of hydrogen-bond acceptors (Lipinski definition) is 3. The lowest BCUT2D eigenvalue weighted by molar-refractivity contribution is 0.112. The van der Waals surface area contributed by atoms with E-state index in [1.165, 1.54) is 5.56 Å². The van der Waals surface area contributed by atoms with E-state index in [0.29, 0.717) is 11.3 Å². The molecule has 2 heterocycles. The van der Waals surface area contributed by atoms with Crippen molar-refractivity contribution < 1.29 is 4.79 Å². The molecule has 122 valence electrons. The number of rotatable bonds is 3. The molecule has 4 nitrogen and oxygen atoms in total. The third kappa shape index (κ3) is 2.62. The molecular formula is C21H17N3O. The zero-order chi connectivity index (χ0) is 17.4. The Morgan fingerprint density at radius 1 is 0.920 bits per heavy atom. The third-order valence-corrected chi connectivity index (χ3v) is 4.34. The molecule has 0 aliphatic carbocycles. The van der Waals surface area contributed by atoms with Crippen LogP contribution in [-0.2, 0) is 0 Å². The highest BCUT2D eigenvalue weighted by atomic mass is 16.1. The number of hydrogen-bond donors (Lipinski definition) is 0. The normalized spacial score (nSPS) is 11.0. The molecular weight excluding hydrogens is 310 g/mol. The van der Waals surface area contributed by atoms with E-state index in [1.54, 1.807) is 4.52 Å². The van der Waals surface area contributed by atoms with Crippen LogP contribution in [0.2, 0.25) is 0 Å². The van der Waals surface area contributed by atoms with Crippen LogP contribution in [0.15, 0.2) is 60.7 Å². The summed E-state index contributed by atoms with van der Waals surface area (Å²) < 4.78 is 1.77. The van der Waals surface area contributed by atoms with Gasteiger partial charge in [-0.1, -0.05) is 60.2 Å². The number of fused-ring (bicyclic) bond motifs is 1. The Hall–Kier alpha value is -3.27. The fraction of sp³-hybridized carbons (Fsp3) is 0.0952. The highest BCUT2D eigenvalue weighted by molar-refractivity contribution is 5.88. The van der Waals surface area contributed by atoms with Crippen molar-refractivity contribution in [2.75, 3.05) is 0 Å². The van der Waals surface area contributed by atoms with E-state index in [2.05, 4.69) is 4.98 Å². The maximum atomic E-state index is 11.7. The number of carbonyl (C=O) groups is 1. The lowest BCUT2D eigenvalue weighted by atomic mass is 10.0. The van der Waals surface area contributed by atoms with Crippen molar-refractivity contribution in [2.24, 2.45) is 0 Å². The molecule has 0 saturated heterocycles. The van der Waals surface area contributed by atoms with Crippen molar-refractivity contribution in [2.45, 2.75) is 13.8 Å². The van der Waals surface area contributed by atoms with Gasteiger partial charge >= 0.3 is 0 Å². The Labute approximate surface area is 145 Å². The first-order chi connectivity index (χ1) is 12.2. The van der Waals surface area contributed by atoms with Crippen molar-refractivity contribution in [3.8, 4) is 22.5 Å². The van der Waals surface area contributed by atoms with Crippen LogP contribution in [0.3, 0.4) is 0 Å². The van der Waals surface area contributed by atoms with E-state index in [0.717, 1.165) is 34.4 Å². The van der Waals surface area contributed by atoms with Gasteiger partial charge in [0.25, 0.3) is 0 Å². The number of aromatic nitrogens is 3. The second-order valence-corrected chi connectivity index (χ2v) is 6.11. The summed E-state index contributed by atoms with van der Waals surface area (Å²) in [4.78, 5) is 16.3. The van der Waals surface area contributed by atoms with E-state index in [-0.39, 0.29) is 0 Å². The van der Waals surface area contributed by atoms with Gasteiger partial charge in [0, 0.05) is 17.2 Å². The molecule has 0 atom stereocenters. The molecule has 0 radical (unpaired) electrons. The molecule has 0 fully saturated rings. The lowest BCUT2D eigenvalue weighted by Gasteiger charge is -2.10. The first-order valence-corrected chi connectivity index (χ1v) is 8.15. The molecule has 0 saturated carbocycles. The SMILES string of the molecule is Cc1ccc(-c2c(C=O)c(C)nc3cc(-c4ccccc4)nn23)cc1. The van der Waals surface area contributed by atoms with E-state index in [1.807, 2.05) is 74.5 Å². The van der Waals surface area contributed by atoms with Gasteiger partial charge in [-0.05, 0) is 13.8 Å². The molecule has 2 aromatic heterocycles. The molecule has 4 heteroatoms. The van der Waals surface area contributed by atoms with Gasteiger partial charge in [0.2, 0.25) is 0 Å². The molecule has 0 unspecified atom stereocenters. The summed E-state index contributed by atoms with van der Waals surface area (Å²) in [5, 5.41) is 4.73. The summed E-state index contributed by atoms with van der Waals surface area (Å²) in [5.41, 5.74) is 6.76. The monoisotopic (exact) mass is 327 g/mol. The number of carbonyl (C=O) groups excluding carboxylic acids is 1. The van der Waals surface area contributed by atoms with Crippen molar-refractivity contribution in [3.05, 3.63) is 77.5 Å². The third-order valence-electron chi connectivity index (χ3n) is 4.34. The fourth-order valence-corrected chi connectivity index (χ4v) is 3.01. The second kappa shape index (κ2) is 5.98.